The Bertz CT molecular complexity index is 331. The Morgan fingerprint density at radius 3 is 2.79 bits per heavy atom. The highest BCUT2D eigenvalue weighted by atomic mass is 16.4. The maximum absolute atomic E-state index is 10.6. The number of carboxylic acid groups (broad SMARTS) is 1. The lowest BCUT2D eigenvalue weighted by molar-refractivity contribution is -0.137. The molecular formula is C9H15N3O2. The number of rotatable bonds is 4. The Hall–Kier alpha value is -1.52. The number of hydrogen-bond donors (Lipinski definition) is 2. The van der Waals surface area contributed by atoms with Crippen molar-refractivity contribution in [2.24, 2.45) is 7.05 Å². The van der Waals surface area contributed by atoms with E-state index in [-0.39, 0.29) is 6.42 Å². The second-order valence-corrected chi connectivity index (χ2v) is 3.94. The van der Waals surface area contributed by atoms with Crippen LogP contribution in [0.15, 0.2) is 12.4 Å². The SMILES string of the molecule is Cn1ccnc1NC(C)(C)CC(=O)O. The first-order valence-electron chi connectivity index (χ1n) is 4.38. The van der Waals surface area contributed by atoms with Crippen LogP contribution >= 0.6 is 0 Å². The van der Waals surface area contributed by atoms with Crippen LogP contribution in [0.25, 0.3) is 0 Å². The normalized spacial score (nSPS) is 11.4. The fourth-order valence-corrected chi connectivity index (χ4v) is 1.21. The van der Waals surface area contributed by atoms with Gasteiger partial charge in [-0.15, -0.1) is 0 Å². The molecule has 0 bridgehead atoms. The van der Waals surface area contributed by atoms with Gasteiger partial charge >= 0.3 is 5.97 Å². The van der Waals surface area contributed by atoms with Gasteiger partial charge < -0.3 is 15.0 Å². The first-order valence-corrected chi connectivity index (χ1v) is 4.38. The summed E-state index contributed by atoms with van der Waals surface area (Å²) in [6.07, 6.45) is 3.53. The number of hydrogen-bond acceptors (Lipinski definition) is 3. The summed E-state index contributed by atoms with van der Waals surface area (Å²) in [6.45, 7) is 3.66. The van der Waals surface area contributed by atoms with Gasteiger partial charge in [0.25, 0.3) is 0 Å². The lowest BCUT2D eigenvalue weighted by atomic mass is 10.0. The minimum absolute atomic E-state index is 0.0554. The lowest BCUT2D eigenvalue weighted by Crippen LogP contribution is -2.34. The molecule has 0 aliphatic rings. The molecule has 5 heteroatoms. The molecule has 1 aromatic heterocycles. The van der Waals surface area contributed by atoms with Crippen LogP contribution in [0.2, 0.25) is 0 Å². The highest BCUT2D eigenvalue weighted by Crippen LogP contribution is 2.15. The number of nitrogens with zero attached hydrogens (tertiary/aromatic N) is 2. The van der Waals surface area contributed by atoms with Gasteiger partial charge in [-0.3, -0.25) is 4.79 Å². The van der Waals surface area contributed by atoms with E-state index in [1.165, 1.54) is 0 Å². The summed E-state index contributed by atoms with van der Waals surface area (Å²) in [4.78, 5) is 14.6. The van der Waals surface area contributed by atoms with E-state index < -0.39 is 11.5 Å². The lowest BCUT2D eigenvalue weighted by Gasteiger charge is -2.24. The number of aromatic nitrogens is 2. The quantitative estimate of drug-likeness (QED) is 0.758. The molecule has 1 rings (SSSR count). The number of carbonyl (C=O) groups is 1. The molecule has 2 N–H and O–H groups in total. The van der Waals surface area contributed by atoms with Crippen LogP contribution in [0.1, 0.15) is 20.3 Å². The molecular weight excluding hydrogens is 182 g/mol. The molecule has 0 unspecified atom stereocenters. The smallest absolute Gasteiger partial charge is 0.305 e. The minimum atomic E-state index is -0.822. The number of carboxylic acids is 1. The van der Waals surface area contributed by atoms with Crippen LogP contribution in [0.5, 0.6) is 0 Å². The van der Waals surface area contributed by atoms with Crippen LogP contribution in [0.3, 0.4) is 0 Å². The molecule has 0 spiro atoms. The monoisotopic (exact) mass is 197 g/mol. The van der Waals surface area contributed by atoms with E-state index >= 15 is 0 Å². The molecule has 0 aliphatic heterocycles. The van der Waals surface area contributed by atoms with Gasteiger partial charge in [0.05, 0.1) is 6.42 Å². The minimum Gasteiger partial charge on any atom is -0.481 e. The van der Waals surface area contributed by atoms with Crippen LogP contribution in [0, 0.1) is 0 Å². The standard InChI is InChI=1S/C9H15N3O2/c1-9(2,6-7(13)14)11-8-10-4-5-12(8)3/h4-5H,6H2,1-3H3,(H,10,11)(H,13,14). The number of aryl methyl sites for hydroxylation is 1. The molecule has 0 aromatic carbocycles. The van der Waals surface area contributed by atoms with Gasteiger partial charge in [0, 0.05) is 25.0 Å². The summed E-state index contributed by atoms with van der Waals surface area (Å²) in [5.41, 5.74) is -0.495. The van der Waals surface area contributed by atoms with Crippen LogP contribution in [0.4, 0.5) is 5.95 Å². The third kappa shape index (κ3) is 2.76. The summed E-state index contributed by atoms with van der Waals surface area (Å²) in [5, 5.41) is 11.7. The van der Waals surface area contributed by atoms with E-state index in [9.17, 15) is 4.79 Å². The molecule has 78 valence electrons. The highest BCUT2D eigenvalue weighted by Gasteiger charge is 2.22. The van der Waals surface area contributed by atoms with E-state index in [1.807, 2.05) is 25.5 Å². The summed E-state index contributed by atoms with van der Waals surface area (Å²) < 4.78 is 1.81. The maximum Gasteiger partial charge on any atom is 0.305 e. The van der Waals surface area contributed by atoms with Gasteiger partial charge in [-0.05, 0) is 13.8 Å². The van der Waals surface area contributed by atoms with E-state index in [0.717, 1.165) is 0 Å². The molecule has 1 heterocycles. The van der Waals surface area contributed by atoms with Crippen molar-refractivity contribution in [3.8, 4) is 0 Å². The van der Waals surface area contributed by atoms with Crippen molar-refractivity contribution in [2.45, 2.75) is 25.8 Å². The van der Waals surface area contributed by atoms with Gasteiger partial charge in [-0.1, -0.05) is 0 Å². The van der Waals surface area contributed by atoms with Gasteiger partial charge in [-0.2, -0.15) is 0 Å². The Morgan fingerprint density at radius 1 is 1.71 bits per heavy atom. The number of imidazole rings is 1. The molecule has 0 fully saturated rings. The van der Waals surface area contributed by atoms with Crippen LogP contribution in [-0.2, 0) is 11.8 Å². The average Bonchev–Trinajstić information content (AvgIpc) is 2.32. The molecule has 0 amide bonds. The van der Waals surface area contributed by atoms with E-state index in [2.05, 4.69) is 10.3 Å². The third-order valence-electron chi connectivity index (χ3n) is 1.86. The number of nitrogens with one attached hydrogen (secondary N) is 1. The zero-order valence-electron chi connectivity index (χ0n) is 8.61. The summed E-state index contributed by atoms with van der Waals surface area (Å²) in [7, 11) is 1.85. The molecule has 0 saturated heterocycles. The molecule has 0 radical (unpaired) electrons. The topological polar surface area (TPSA) is 67.2 Å². The Balaban J connectivity index is 2.68. The summed E-state index contributed by atoms with van der Waals surface area (Å²) in [5.74, 6) is -0.145. The summed E-state index contributed by atoms with van der Waals surface area (Å²) >= 11 is 0. The maximum atomic E-state index is 10.6. The number of anilines is 1. The molecule has 5 nitrogen and oxygen atoms in total. The Labute approximate surface area is 82.8 Å². The van der Waals surface area contributed by atoms with E-state index in [0.29, 0.717) is 5.95 Å². The zero-order valence-corrected chi connectivity index (χ0v) is 8.61. The highest BCUT2D eigenvalue weighted by molar-refractivity contribution is 5.69. The molecule has 0 aliphatic carbocycles. The van der Waals surface area contributed by atoms with Gasteiger partial charge in [0.2, 0.25) is 5.95 Å². The third-order valence-corrected chi connectivity index (χ3v) is 1.86. The average molecular weight is 197 g/mol. The fraction of sp³-hybridized carbons (Fsp3) is 0.556. The van der Waals surface area contributed by atoms with Crippen molar-refractivity contribution in [3.05, 3.63) is 12.4 Å². The molecule has 0 atom stereocenters. The van der Waals surface area contributed by atoms with Crippen LogP contribution < -0.4 is 5.32 Å². The van der Waals surface area contributed by atoms with E-state index in [4.69, 9.17) is 5.11 Å². The van der Waals surface area contributed by atoms with Crippen molar-refractivity contribution >= 4 is 11.9 Å². The van der Waals surface area contributed by atoms with Gasteiger partial charge in [-0.25, -0.2) is 4.98 Å². The Morgan fingerprint density at radius 2 is 2.36 bits per heavy atom. The first kappa shape index (κ1) is 10.6. The van der Waals surface area contributed by atoms with Gasteiger partial charge in [0.1, 0.15) is 0 Å². The Kier molecular flexibility index (Phi) is 2.78. The largest absolute Gasteiger partial charge is 0.481 e. The molecule has 0 saturated carbocycles. The first-order chi connectivity index (χ1) is 6.41. The van der Waals surface area contributed by atoms with Crippen molar-refractivity contribution in [2.75, 3.05) is 5.32 Å². The number of aliphatic carboxylic acids is 1. The predicted molar refractivity (Wildman–Crippen MR) is 53.2 cm³/mol. The zero-order chi connectivity index (χ0) is 10.8. The van der Waals surface area contributed by atoms with Crippen LogP contribution in [-0.4, -0.2) is 26.2 Å². The van der Waals surface area contributed by atoms with Gasteiger partial charge in [0.15, 0.2) is 0 Å². The fourth-order valence-electron chi connectivity index (χ4n) is 1.21. The van der Waals surface area contributed by atoms with Crippen molar-refractivity contribution < 1.29 is 9.90 Å². The van der Waals surface area contributed by atoms with Crippen molar-refractivity contribution in [1.29, 1.82) is 0 Å². The van der Waals surface area contributed by atoms with Crippen molar-refractivity contribution in [1.82, 2.24) is 9.55 Å². The van der Waals surface area contributed by atoms with Crippen molar-refractivity contribution in [3.63, 3.8) is 0 Å². The van der Waals surface area contributed by atoms with E-state index in [1.54, 1.807) is 12.4 Å². The molecule has 14 heavy (non-hydrogen) atoms. The predicted octanol–water partition coefficient (Wildman–Crippen LogP) is 1.09. The second-order valence-electron chi connectivity index (χ2n) is 3.94. The summed E-state index contributed by atoms with van der Waals surface area (Å²) in [6, 6.07) is 0. The molecule has 1 aromatic rings. The second kappa shape index (κ2) is 3.69.